The summed E-state index contributed by atoms with van der Waals surface area (Å²) < 4.78 is 0. The Bertz CT molecular complexity index is 271. The molecule has 0 radical (unpaired) electrons. The van der Waals surface area contributed by atoms with E-state index in [2.05, 4.69) is 5.32 Å². The molecule has 0 aromatic carbocycles. The van der Waals surface area contributed by atoms with Crippen molar-refractivity contribution >= 4 is 18.5 Å². The second-order valence-electron chi connectivity index (χ2n) is 3.23. The maximum Gasteiger partial charge on any atom is 0.247 e. The topological polar surface area (TPSA) is 63.2 Å². The quantitative estimate of drug-likeness (QED) is 0.623. The van der Waals surface area contributed by atoms with Crippen molar-refractivity contribution < 1.29 is 14.4 Å². The maximum atomic E-state index is 11.3. The second-order valence-corrected chi connectivity index (χ2v) is 3.23. The van der Waals surface area contributed by atoms with Crippen molar-refractivity contribution in [2.45, 2.75) is 31.7 Å². The third kappa shape index (κ3) is 2.80. The molecule has 1 N–H and O–H groups in total. The Hall–Kier alpha value is -1.45. The molecule has 4 nitrogen and oxygen atoms in total. The number of hydrogen-bond donors (Lipinski definition) is 1. The average Bonchev–Trinajstić information content (AvgIpc) is 2.09. The van der Waals surface area contributed by atoms with Gasteiger partial charge in [0.25, 0.3) is 0 Å². The van der Waals surface area contributed by atoms with Crippen LogP contribution < -0.4 is 5.32 Å². The molecular weight excluding hydrogens is 182 g/mol. The lowest BCUT2D eigenvalue weighted by molar-refractivity contribution is -0.121. The Balaban J connectivity index is 2.35. The molecule has 1 unspecified atom stereocenters. The van der Waals surface area contributed by atoms with E-state index in [1.165, 1.54) is 0 Å². The molecule has 4 heteroatoms. The Morgan fingerprint density at radius 3 is 2.71 bits per heavy atom. The van der Waals surface area contributed by atoms with Gasteiger partial charge in [-0.1, -0.05) is 6.08 Å². The SMILES string of the molecule is O=CCCC(C=O)NC(=O)C1=CCC1. The van der Waals surface area contributed by atoms with Crippen LogP contribution in [0.25, 0.3) is 0 Å². The highest BCUT2D eigenvalue weighted by atomic mass is 16.2. The molecule has 1 rings (SSSR count). The van der Waals surface area contributed by atoms with E-state index < -0.39 is 6.04 Å². The molecule has 1 atom stereocenters. The van der Waals surface area contributed by atoms with Gasteiger partial charge in [0.2, 0.25) is 5.91 Å². The molecule has 0 aromatic heterocycles. The zero-order chi connectivity index (χ0) is 10.4. The van der Waals surface area contributed by atoms with Crippen LogP contribution in [-0.2, 0) is 14.4 Å². The van der Waals surface area contributed by atoms with Crippen LogP contribution in [0.3, 0.4) is 0 Å². The summed E-state index contributed by atoms with van der Waals surface area (Å²) in [7, 11) is 0. The first-order valence-electron chi connectivity index (χ1n) is 4.66. The molecule has 1 amide bonds. The van der Waals surface area contributed by atoms with Crippen molar-refractivity contribution in [3.63, 3.8) is 0 Å². The van der Waals surface area contributed by atoms with Gasteiger partial charge in [-0.2, -0.15) is 0 Å². The lowest BCUT2D eigenvalue weighted by Gasteiger charge is -2.17. The van der Waals surface area contributed by atoms with Crippen LogP contribution in [0.15, 0.2) is 11.6 Å². The first-order valence-corrected chi connectivity index (χ1v) is 4.66. The molecule has 76 valence electrons. The fraction of sp³-hybridized carbons (Fsp3) is 0.500. The highest BCUT2D eigenvalue weighted by Gasteiger charge is 2.17. The number of aldehydes is 2. The van der Waals surface area contributed by atoms with Crippen molar-refractivity contribution in [2.24, 2.45) is 0 Å². The average molecular weight is 195 g/mol. The van der Waals surface area contributed by atoms with Gasteiger partial charge in [0.05, 0.1) is 6.04 Å². The number of amides is 1. The number of allylic oxidation sites excluding steroid dienone is 1. The zero-order valence-electron chi connectivity index (χ0n) is 7.86. The van der Waals surface area contributed by atoms with Gasteiger partial charge in [-0.3, -0.25) is 4.79 Å². The van der Waals surface area contributed by atoms with Gasteiger partial charge in [-0.05, 0) is 19.3 Å². The molecule has 0 bridgehead atoms. The van der Waals surface area contributed by atoms with E-state index >= 15 is 0 Å². The summed E-state index contributed by atoms with van der Waals surface area (Å²) in [6, 6.07) is -0.533. The lowest BCUT2D eigenvalue weighted by Crippen LogP contribution is -2.37. The van der Waals surface area contributed by atoms with Crippen LogP contribution in [0.5, 0.6) is 0 Å². The van der Waals surface area contributed by atoms with Crippen LogP contribution in [-0.4, -0.2) is 24.5 Å². The van der Waals surface area contributed by atoms with E-state index in [1.807, 2.05) is 6.08 Å². The number of hydrogen-bond acceptors (Lipinski definition) is 3. The summed E-state index contributed by atoms with van der Waals surface area (Å²) in [6.45, 7) is 0. The molecular formula is C10H13NO3. The van der Waals surface area contributed by atoms with Crippen LogP contribution in [0.2, 0.25) is 0 Å². The minimum Gasteiger partial charge on any atom is -0.343 e. The Kier molecular flexibility index (Phi) is 4.04. The summed E-state index contributed by atoms with van der Waals surface area (Å²) in [4.78, 5) is 31.9. The summed E-state index contributed by atoms with van der Waals surface area (Å²) in [5.41, 5.74) is 0.739. The van der Waals surface area contributed by atoms with Gasteiger partial charge < -0.3 is 14.9 Å². The smallest absolute Gasteiger partial charge is 0.247 e. The normalized spacial score (nSPS) is 16.1. The first-order chi connectivity index (χ1) is 6.77. The fourth-order valence-corrected chi connectivity index (χ4v) is 1.18. The van der Waals surface area contributed by atoms with Gasteiger partial charge in [-0.25, -0.2) is 0 Å². The molecule has 1 aliphatic carbocycles. The van der Waals surface area contributed by atoms with Crippen molar-refractivity contribution in [1.29, 1.82) is 0 Å². The maximum absolute atomic E-state index is 11.3. The van der Waals surface area contributed by atoms with E-state index in [1.54, 1.807) is 0 Å². The lowest BCUT2D eigenvalue weighted by atomic mass is 9.98. The number of carbonyl (C=O) groups is 3. The van der Waals surface area contributed by atoms with Crippen LogP contribution in [0, 0.1) is 0 Å². The third-order valence-corrected chi connectivity index (χ3v) is 2.17. The molecule has 14 heavy (non-hydrogen) atoms. The van der Waals surface area contributed by atoms with Gasteiger partial charge in [0.15, 0.2) is 0 Å². The predicted molar refractivity (Wildman–Crippen MR) is 50.6 cm³/mol. The minimum atomic E-state index is -0.533. The number of carbonyl (C=O) groups excluding carboxylic acids is 3. The molecule has 0 saturated carbocycles. The van der Waals surface area contributed by atoms with Gasteiger partial charge in [0.1, 0.15) is 12.6 Å². The van der Waals surface area contributed by atoms with E-state index in [0.717, 1.165) is 24.7 Å². The van der Waals surface area contributed by atoms with Crippen molar-refractivity contribution in [3.8, 4) is 0 Å². The van der Waals surface area contributed by atoms with E-state index in [0.29, 0.717) is 19.1 Å². The molecule has 0 heterocycles. The number of nitrogens with one attached hydrogen (secondary N) is 1. The van der Waals surface area contributed by atoms with E-state index in [-0.39, 0.29) is 5.91 Å². The minimum absolute atomic E-state index is 0.181. The summed E-state index contributed by atoms with van der Waals surface area (Å²) in [6.07, 6.45) is 5.64. The van der Waals surface area contributed by atoms with Gasteiger partial charge >= 0.3 is 0 Å². The van der Waals surface area contributed by atoms with Crippen LogP contribution in [0.4, 0.5) is 0 Å². The first kappa shape index (κ1) is 10.6. The van der Waals surface area contributed by atoms with Crippen molar-refractivity contribution in [2.75, 3.05) is 0 Å². The van der Waals surface area contributed by atoms with Gasteiger partial charge in [0, 0.05) is 12.0 Å². The summed E-state index contributed by atoms with van der Waals surface area (Å²) in [5, 5.41) is 2.57. The molecule has 0 aromatic rings. The number of rotatable bonds is 6. The molecule has 0 aliphatic heterocycles. The van der Waals surface area contributed by atoms with E-state index in [4.69, 9.17) is 0 Å². The fourth-order valence-electron chi connectivity index (χ4n) is 1.18. The Morgan fingerprint density at radius 2 is 2.29 bits per heavy atom. The van der Waals surface area contributed by atoms with Crippen molar-refractivity contribution in [1.82, 2.24) is 5.32 Å². The largest absolute Gasteiger partial charge is 0.343 e. The molecule has 1 aliphatic rings. The summed E-state index contributed by atoms with van der Waals surface area (Å²) >= 11 is 0. The van der Waals surface area contributed by atoms with Crippen molar-refractivity contribution in [3.05, 3.63) is 11.6 Å². The zero-order valence-corrected chi connectivity index (χ0v) is 7.86. The monoisotopic (exact) mass is 195 g/mol. The Morgan fingerprint density at radius 1 is 1.57 bits per heavy atom. The Labute approximate surface area is 82.4 Å². The molecule has 0 saturated heterocycles. The third-order valence-electron chi connectivity index (χ3n) is 2.17. The van der Waals surface area contributed by atoms with Crippen LogP contribution >= 0.6 is 0 Å². The molecule has 0 fully saturated rings. The standard InChI is InChI=1S/C10H13NO3/c12-6-2-5-9(7-13)11-10(14)8-3-1-4-8/h3,6-7,9H,1-2,4-5H2,(H,11,14). The van der Waals surface area contributed by atoms with E-state index in [9.17, 15) is 14.4 Å². The highest BCUT2D eigenvalue weighted by Crippen LogP contribution is 2.17. The van der Waals surface area contributed by atoms with Crippen LogP contribution in [0.1, 0.15) is 25.7 Å². The second kappa shape index (κ2) is 5.32. The predicted octanol–water partition coefficient (Wildman–Crippen LogP) is 0.369. The van der Waals surface area contributed by atoms with Gasteiger partial charge in [-0.15, -0.1) is 0 Å². The highest BCUT2D eigenvalue weighted by molar-refractivity contribution is 5.96. The summed E-state index contributed by atoms with van der Waals surface area (Å²) in [5.74, 6) is -0.181. The molecule has 0 spiro atoms.